The van der Waals surface area contributed by atoms with E-state index < -0.39 is 12.3 Å². The largest absolute Gasteiger partial charge is 0.507 e. The molecular weight excluding hydrogens is 349 g/mol. The number of rotatable bonds is 4. The number of benzene rings is 1. The second kappa shape index (κ2) is 7.30. The number of nitrogens with zero attached hydrogens (tertiary/aromatic N) is 5. The third-order valence-corrected chi connectivity index (χ3v) is 4.81. The zero-order valence-corrected chi connectivity index (χ0v) is 14.9. The number of hydrogen-bond donors (Lipinski definition) is 1. The highest BCUT2D eigenvalue weighted by atomic mass is 19.1. The second-order valence-electron chi connectivity index (χ2n) is 6.88. The molecule has 1 saturated carbocycles. The van der Waals surface area contributed by atoms with Crippen LogP contribution in [0.15, 0.2) is 43.1 Å². The summed E-state index contributed by atoms with van der Waals surface area (Å²) < 4.78 is 21.5. The lowest BCUT2D eigenvalue weighted by atomic mass is 9.87. The molecule has 3 aromatic rings. The van der Waals surface area contributed by atoms with Crippen molar-refractivity contribution >= 4 is 0 Å². The minimum atomic E-state index is -1.00. The van der Waals surface area contributed by atoms with Crippen molar-refractivity contribution in [1.29, 1.82) is 0 Å². The van der Waals surface area contributed by atoms with Gasteiger partial charge in [-0.15, -0.1) is 10.2 Å². The molecule has 27 heavy (non-hydrogen) atoms. The van der Waals surface area contributed by atoms with Crippen LogP contribution in [0.3, 0.4) is 0 Å². The Morgan fingerprint density at radius 2 is 2.15 bits per heavy atom. The highest BCUT2D eigenvalue weighted by Gasteiger charge is 2.30. The van der Waals surface area contributed by atoms with Crippen LogP contribution in [-0.4, -0.2) is 42.1 Å². The standard InChI is InChI=1S/C19H20FN5O2/c1-12-2-5-17(15(20)8-12)27-18-10-22-19(24-23-18)14-4-3-13(9-16(14)26)25-7-6-21-11-25/h3-4,6-7,9-12,15,17,26H,2,5,8H2,1H3/t12?,15-,17-/m0/s1. The van der Waals surface area contributed by atoms with E-state index in [1.807, 2.05) is 13.0 Å². The first-order valence-electron chi connectivity index (χ1n) is 8.92. The summed E-state index contributed by atoms with van der Waals surface area (Å²) >= 11 is 0. The summed E-state index contributed by atoms with van der Waals surface area (Å²) in [4.78, 5) is 8.19. The number of phenolic OH excluding ortho intramolecular Hbond substituents is 1. The topological polar surface area (TPSA) is 86.0 Å². The molecule has 0 saturated heterocycles. The van der Waals surface area contributed by atoms with Gasteiger partial charge in [-0.1, -0.05) is 6.92 Å². The van der Waals surface area contributed by atoms with Gasteiger partial charge in [0.25, 0.3) is 5.88 Å². The number of alkyl halides is 1. The lowest BCUT2D eigenvalue weighted by Crippen LogP contribution is -2.34. The normalized spacial score (nSPS) is 22.5. The third kappa shape index (κ3) is 3.74. The number of phenols is 1. The molecule has 1 aliphatic rings. The Balaban J connectivity index is 1.49. The van der Waals surface area contributed by atoms with E-state index in [0.29, 0.717) is 24.3 Å². The van der Waals surface area contributed by atoms with Gasteiger partial charge in [0.2, 0.25) is 0 Å². The van der Waals surface area contributed by atoms with Crippen LogP contribution in [-0.2, 0) is 0 Å². The van der Waals surface area contributed by atoms with Crippen LogP contribution in [0.25, 0.3) is 17.1 Å². The van der Waals surface area contributed by atoms with Crippen molar-refractivity contribution in [1.82, 2.24) is 24.7 Å². The number of aromatic nitrogens is 5. The molecule has 1 unspecified atom stereocenters. The van der Waals surface area contributed by atoms with Gasteiger partial charge in [0.05, 0.1) is 23.8 Å². The number of aromatic hydroxyl groups is 1. The Labute approximate surface area is 155 Å². The minimum Gasteiger partial charge on any atom is -0.507 e. The minimum absolute atomic E-state index is 0.0294. The highest BCUT2D eigenvalue weighted by molar-refractivity contribution is 5.65. The Bertz CT molecular complexity index is 901. The summed E-state index contributed by atoms with van der Waals surface area (Å²) in [7, 11) is 0. The van der Waals surface area contributed by atoms with E-state index in [2.05, 4.69) is 20.2 Å². The summed E-state index contributed by atoms with van der Waals surface area (Å²) in [6, 6.07) is 5.13. The van der Waals surface area contributed by atoms with Gasteiger partial charge in [0.1, 0.15) is 18.0 Å². The molecule has 1 fully saturated rings. The summed E-state index contributed by atoms with van der Waals surface area (Å²) in [6.07, 6.45) is 7.07. The monoisotopic (exact) mass is 369 g/mol. The molecule has 2 aromatic heterocycles. The summed E-state index contributed by atoms with van der Waals surface area (Å²) in [6.45, 7) is 2.05. The van der Waals surface area contributed by atoms with Crippen LogP contribution in [0.2, 0.25) is 0 Å². The molecule has 8 heteroatoms. The van der Waals surface area contributed by atoms with Gasteiger partial charge in [0, 0.05) is 18.5 Å². The number of hydrogen-bond acceptors (Lipinski definition) is 6. The van der Waals surface area contributed by atoms with E-state index in [0.717, 1.165) is 12.1 Å². The second-order valence-corrected chi connectivity index (χ2v) is 6.88. The molecule has 7 nitrogen and oxygen atoms in total. The SMILES string of the molecule is CC1CC[C@H](Oc2cnc(-c3ccc(-n4ccnc4)cc3O)nn2)[C@@H](F)C1. The van der Waals surface area contributed by atoms with Gasteiger partial charge >= 0.3 is 0 Å². The van der Waals surface area contributed by atoms with Crippen LogP contribution in [0.1, 0.15) is 26.2 Å². The maximum atomic E-state index is 14.1. The van der Waals surface area contributed by atoms with Gasteiger partial charge in [0.15, 0.2) is 5.82 Å². The quantitative estimate of drug-likeness (QED) is 0.759. The predicted octanol–water partition coefficient (Wildman–Crippen LogP) is 3.34. The summed E-state index contributed by atoms with van der Waals surface area (Å²) in [5.74, 6) is 0.864. The van der Waals surface area contributed by atoms with Crippen molar-refractivity contribution in [3.63, 3.8) is 0 Å². The van der Waals surface area contributed by atoms with Crippen molar-refractivity contribution < 1.29 is 14.2 Å². The van der Waals surface area contributed by atoms with Gasteiger partial charge in [-0.05, 0) is 37.3 Å². The van der Waals surface area contributed by atoms with Crippen LogP contribution in [0.4, 0.5) is 4.39 Å². The molecule has 0 amide bonds. The first-order chi connectivity index (χ1) is 13.1. The van der Waals surface area contributed by atoms with Crippen LogP contribution in [0.5, 0.6) is 11.6 Å². The first-order valence-corrected chi connectivity index (χ1v) is 8.92. The maximum absolute atomic E-state index is 14.1. The third-order valence-electron chi connectivity index (χ3n) is 4.81. The molecule has 1 N–H and O–H groups in total. The highest BCUT2D eigenvalue weighted by Crippen LogP contribution is 2.30. The first kappa shape index (κ1) is 17.4. The molecule has 1 aliphatic carbocycles. The van der Waals surface area contributed by atoms with Crippen molar-refractivity contribution in [3.05, 3.63) is 43.1 Å². The van der Waals surface area contributed by atoms with E-state index in [1.54, 1.807) is 35.4 Å². The van der Waals surface area contributed by atoms with E-state index in [4.69, 9.17) is 4.74 Å². The molecule has 140 valence electrons. The molecule has 2 heterocycles. The summed E-state index contributed by atoms with van der Waals surface area (Å²) in [5, 5.41) is 18.3. The van der Waals surface area contributed by atoms with Crippen molar-refractivity contribution in [3.8, 4) is 28.7 Å². The fourth-order valence-electron chi connectivity index (χ4n) is 3.30. The molecule has 1 aromatic carbocycles. The molecule has 0 aliphatic heterocycles. The molecule has 0 bridgehead atoms. The van der Waals surface area contributed by atoms with E-state index in [9.17, 15) is 9.50 Å². The van der Waals surface area contributed by atoms with Crippen LogP contribution in [0, 0.1) is 5.92 Å². The lowest BCUT2D eigenvalue weighted by Gasteiger charge is -2.29. The molecule has 0 radical (unpaired) electrons. The fraction of sp³-hybridized carbons (Fsp3) is 0.368. The van der Waals surface area contributed by atoms with Crippen molar-refractivity contribution in [2.75, 3.05) is 0 Å². The average Bonchev–Trinajstić information content (AvgIpc) is 3.19. The number of imidazole rings is 1. The molecule has 4 rings (SSSR count). The molecular formula is C19H20FN5O2. The Morgan fingerprint density at radius 1 is 1.26 bits per heavy atom. The predicted molar refractivity (Wildman–Crippen MR) is 96.4 cm³/mol. The number of ether oxygens (including phenoxy) is 1. The number of halogens is 1. The van der Waals surface area contributed by atoms with Crippen molar-refractivity contribution in [2.45, 2.75) is 38.5 Å². The zero-order chi connectivity index (χ0) is 18.8. The van der Waals surface area contributed by atoms with Gasteiger partial charge in [-0.3, -0.25) is 0 Å². The van der Waals surface area contributed by atoms with Gasteiger partial charge < -0.3 is 14.4 Å². The fourth-order valence-corrected chi connectivity index (χ4v) is 3.30. The van der Waals surface area contributed by atoms with Crippen molar-refractivity contribution in [2.24, 2.45) is 5.92 Å². The Morgan fingerprint density at radius 3 is 2.81 bits per heavy atom. The van der Waals surface area contributed by atoms with E-state index >= 15 is 0 Å². The van der Waals surface area contributed by atoms with E-state index in [1.165, 1.54) is 6.20 Å². The average molecular weight is 369 g/mol. The van der Waals surface area contributed by atoms with E-state index in [-0.39, 0.29) is 17.5 Å². The van der Waals surface area contributed by atoms with Crippen LogP contribution >= 0.6 is 0 Å². The smallest absolute Gasteiger partial charge is 0.252 e. The molecule has 0 spiro atoms. The summed E-state index contributed by atoms with van der Waals surface area (Å²) in [5.41, 5.74) is 1.22. The van der Waals surface area contributed by atoms with Gasteiger partial charge in [-0.2, -0.15) is 0 Å². The van der Waals surface area contributed by atoms with Crippen LogP contribution < -0.4 is 4.74 Å². The lowest BCUT2D eigenvalue weighted by molar-refractivity contribution is 0.0419. The Kier molecular flexibility index (Phi) is 4.70. The Hall–Kier alpha value is -3.03. The van der Waals surface area contributed by atoms with Gasteiger partial charge in [-0.25, -0.2) is 14.4 Å². The maximum Gasteiger partial charge on any atom is 0.252 e. The zero-order valence-electron chi connectivity index (χ0n) is 14.9. The molecule has 3 atom stereocenters.